The van der Waals surface area contributed by atoms with E-state index in [0.29, 0.717) is 5.82 Å². The predicted molar refractivity (Wildman–Crippen MR) is 74.6 cm³/mol. The number of aromatic nitrogens is 3. The molecule has 0 aliphatic carbocycles. The second kappa shape index (κ2) is 4.70. The summed E-state index contributed by atoms with van der Waals surface area (Å²) in [7, 11) is 0. The molecule has 0 bridgehead atoms. The van der Waals surface area contributed by atoms with Gasteiger partial charge in [-0.15, -0.1) is 0 Å². The zero-order valence-electron chi connectivity index (χ0n) is 10.9. The first kappa shape index (κ1) is 12.2. The zero-order chi connectivity index (χ0) is 14.1. The van der Waals surface area contributed by atoms with E-state index in [-0.39, 0.29) is 5.56 Å². The molecule has 2 aromatic heterocycles. The van der Waals surface area contributed by atoms with Gasteiger partial charge in [0.15, 0.2) is 5.82 Å². The summed E-state index contributed by atoms with van der Waals surface area (Å²) in [4.78, 5) is 11.4. The van der Waals surface area contributed by atoms with Crippen LogP contribution in [0.5, 0.6) is 0 Å². The fourth-order valence-electron chi connectivity index (χ4n) is 2.19. The Morgan fingerprint density at radius 2 is 1.85 bits per heavy atom. The van der Waals surface area contributed by atoms with Crippen LogP contribution >= 0.6 is 0 Å². The van der Waals surface area contributed by atoms with Crippen molar-refractivity contribution in [2.45, 2.75) is 6.92 Å². The van der Waals surface area contributed by atoms with E-state index in [1.165, 1.54) is 6.20 Å². The zero-order valence-corrected chi connectivity index (χ0v) is 10.9. The second-order valence-corrected chi connectivity index (χ2v) is 4.48. The Bertz CT molecular complexity index is 757. The van der Waals surface area contributed by atoms with E-state index in [1.54, 1.807) is 21.6 Å². The molecule has 3 rings (SSSR count). The first-order valence-corrected chi connectivity index (χ1v) is 6.19. The van der Waals surface area contributed by atoms with E-state index >= 15 is 0 Å². The van der Waals surface area contributed by atoms with Crippen LogP contribution in [0.2, 0.25) is 0 Å². The van der Waals surface area contributed by atoms with Crippen molar-refractivity contribution in [1.29, 1.82) is 0 Å². The van der Waals surface area contributed by atoms with Crippen molar-refractivity contribution in [2.75, 3.05) is 0 Å². The van der Waals surface area contributed by atoms with E-state index in [4.69, 9.17) is 0 Å². The van der Waals surface area contributed by atoms with Gasteiger partial charge in [0.05, 0.1) is 11.9 Å². The van der Waals surface area contributed by atoms with E-state index in [0.717, 1.165) is 11.3 Å². The first-order chi connectivity index (χ1) is 9.68. The molecule has 0 aliphatic heterocycles. The topological polar surface area (TPSA) is 60.1 Å². The number of aryl methyl sites for hydroxylation is 1. The third-order valence-electron chi connectivity index (χ3n) is 3.17. The Kier molecular flexibility index (Phi) is 2.87. The summed E-state index contributed by atoms with van der Waals surface area (Å²) in [5.74, 6) is -0.467. The number of aromatic carboxylic acids is 1. The minimum absolute atomic E-state index is 0.171. The monoisotopic (exact) mass is 267 g/mol. The molecular formula is C15H13N3O2. The highest BCUT2D eigenvalue weighted by molar-refractivity contribution is 5.91. The quantitative estimate of drug-likeness (QED) is 0.793. The molecule has 1 N–H and O–H groups in total. The van der Waals surface area contributed by atoms with E-state index in [2.05, 4.69) is 5.10 Å². The van der Waals surface area contributed by atoms with Crippen LogP contribution in [-0.2, 0) is 0 Å². The lowest BCUT2D eigenvalue weighted by atomic mass is 10.2. The minimum atomic E-state index is -0.992. The smallest absolute Gasteiger partial charge is 0.341 e. The number of rotatable bonds is 3. The Balaban J connectivity index is 2.28. The third kappa shape index (κ3) is 1.89. The molecule has 0 aliphatic rings. The van der Waals surface area contributed by atoms with Gasteiger partial charge in [0.25, 0.3) is 0 Å². The highest BCUT2D eigenvalue weighted by Crippen LogP contribution is 2.21. The number of para-hydroxylation sites is 1. The summed E-state index contributed by atoms with van der Waals surface area (Å²) in [6, 6.07) is 11.4. The summed E-state index contributed by atoms with van der Waals surface area (Å²) >= 11 is 0. The maximum Gasteiger partial charge on any atom is 0.341 e. The number of carboxylic acids is 1. The van der Waals surface area contributed by atoms with Crippen molar-refractivity contribution in [3.8, 4) is 11.5 Å². The van der Waals surface area contributed by atoms with Crippen molar-refractivity contribution in [3.05, 3.63) is 66.1 Å². The Morgan fingerprint density at radius 1 is 1.15 bits per heavy atom. The van der Waals surface area contributed by atoms with Gasteiger partial charge in [-0.1, -0.05) is 18.2 Å². The normalized spacial score (nSPS) is 10.7. The van der Waals surface area contributed by atoms with Gasteiger partial charge in [-0.3, -0.25) is 0 Å². The van der Waals surface area contributed by atoms with Crippen molar-refractivity contribution in [2.24, 2.45) is 0 Å². The lowest BCUT2D eigenvalue weighted by Gasteiger charge is -2.11. The van der Waals surface area contributed by atoms with Crippen LogP contribution in [0.3, 0.4) is 0 Å². The number of carbonyl (C=O) groups is 1. The fraction of sp³-hybridized carbons (Fsp3) is 0.0667. The average Bonchev–Trinajstić information content (AvgIpc) is 3.07. The lowest BCUT2D eigenvalue weighted by molar-refractivity contribution is 0.0697. The molecule has 0 saturated carbocycles. The van der Waals surface area contributed by atoms with Crippen LogP contribution in [0.25, 0.3) is 11.5 Å². The van der Waals surface area contributed by atoms with Gasteiger partial charge in [0, 0.05) is 12.4 Å². The number of hydrogen-bond donors (Lipinski definition) is 1. The molecule has 3 aromatic rings. The van der Waals surface area contributed by atoms with E-state index in [1.807, 2.05) is 43.3 Å². The van der Waals surface area contributed by atoms with Gasteiger partial charge in [-0.2, -0.15) is 5.10 Å². The van der Waals surface area contributed by atoms with Crippen LogP contribution in [0.1, 0.15) is 15.9 Å². The molecule has 0 amide bonds. The van der Waals surface area contributed by atoms with Crippen LogP contribution in [0, 0.1) is 6.92 Å². The fourth-order valence-corrected chi connectivity index (χ4v) is 2.19. The van der Waals surface area contributed by atoms with Gasteiger partial charge in [-0.05, 0) is 30.7 Å². The molecular weight excluding hydrogens is 254 g/mol. The maximum absolute atomic E-state index is 11.4. The standard InChI is InChI=1S/C15H13N3O2/c1-11-6-2-3-7-13(11)18-14(17-8-4-5-9-17)12(10-16-18)15(19)20/h2-10H,1H3,(H,19,20). The highest BCUT2D eigenvalue weighted by atomic mass is 16.4. The molecule has 0 unspecified atom stereocenters. The van der Waals surface area contributed by atoms with Crippen molar-refractivity contribution in [3.63, 3.8) is 0 Å². The summed E-state index contributed by atoms with van der Waals surface area (Å²) in [6.07, 6.45) is 4.99. The van der Waals surface area contributed by atoms with Crippen molar-refractivity contribution < 1.29 is 9.90 Å². The number of carboxylic acid groups (broad SMARTS) is 1. The van der Waals surface area contributed by atoms with Gasteiger partial charge < -0.3 is 9.67 Å². The van der Waals surface area contributed by atoms with Crippen LogP contribution in [0.4, 0.5) is 0 Å². The summed E-state index contributed by atoms with van der Waals surface area (Å²) < 4.78 is 3.40. The van der Waals surface area contributed by atoms with Gasteiger partial charge in [0.1, 0.15) is 5.56 Å². The summed E-state index contributed by atoms with van der Waals surface area (Å²) in [5.41, 5.74) is 2.06. The number of hydrogen-bond acceptors (Lipinski definition) is 2. The van der Waals surface area contributed by atoms with Gasteiger partial charge >= 0.3 is 5.97 Å². The molecule has 5 heteroatoms. The lowest BCUT2D eigenvalue weighted by Crippen LogP contribution is -2.09. The van der Waals surface area contributed by atoms with Gasteiger partial charge in [0.2, 0.25) is 0 Å². The van der Waals surface area contributed by atoms with Crippen LogP contribution < -0.4 is 0 Å². The highest BCUT2D eigenvalue weighted by Gasteiger charge is 2.19. The molecule has 0 fully saturated rings. The number of benzene rings is 1. The minimum Gasteiger partial charge on any atom is -0.477 e. The molecule has 0 saturated heterocycles. The van der Waals surface area contributed by atoms with Crippen LogP contribution in [-0.4, -0.2) is 25.4 Å². The first-order valence-electron chi connectivity index (χ1n) is 6.19. The second-order valence-electron chi connectivity index (χ2n) is 4.48. The molecule has 0 radical (unpaired) electrons. The molecule has 0 spiro atoms. The molecule has 2 heterocycles. The average molecular weight is 267 g/mol. The SMILES string of the molecule is Cc1ccccc1-n1ncc(C(=O)O)c1-n1cccc1. The Morgan fingerprint density at radius 3 is 2.50 bits per heavy atom. The summed E-state index contributed by atoms with van der Waals surface area (Å²) in [5, 5.41) is 13.6. The van der Waals surface area contributed by atoms with Crippen molar-refractivity contribution >= 4 is 5.97 Å². The molecule has 1 aromatic carbocycles. The molecule has 5 nitrogen and oxygen atoms in total. The van der Waals surface area contributed by atoms with Gasteiger partial charge in [-0.25, -0.2) is 9.48 Å². The third-order valence-corrected chi connectivity index (χ3v) is 3.17. The Hall–Kier alpha value is -2.82. The van der Waals surface area contributed by atoms with Crippen molar-refractivity contribution in [1.82, 2.24) is 14.3 Å². The summed E-state index contributed by atoms with van der Waals surface area (Å²) in [6.45, 7) is 1.97. The maximum atomic E-state index is 11.4. The van der Waals surface area contributed by atoms with Crippen LogP contribution in [0.15, 0.2) is 55.0 Å². The molecule has 0 atom stereocenters. The largest absolute Gasteiger partial charge is 0.477 e. The van der Waals surface area contributed by atoms with E-state index < -0.39 is 5.97 Å². The predicted octanol–water partition coefficient (Wildman–Crippen LogP) is 2.67. The van der Waals surface area contributed by atoms with E-state index in [9.17, 15) is 9.90 Å². The molecule has 100 valence electrons. The number of nitrogens with zero attached hydrogens (tertiary/aromatic N) is 3. The molecule has 20 heavy (non-hydrogen) atoms. The Labute approximate surface area is 115 Å².